The van der Waals surface area contributed by atoms with Gasteiger partial charge in [-0.15, -0.1) is 0 Å². The zero-order valence-electron chi connectivity index (χ0n) is 9.35. The number of hydrogen-bond donors (Lipinski definition) is 1. The lowest BCUT2D eigenvalue weighted by Crippen LogP contribution is -2.34. The van der Waals surface area contributed by atoms with E-state index in [9.17, 15) is 0 Å². The van der Waals surface area contributed by atoms with Crippen molar-refractivity contribution in [3.05, 3.63) is 0 Å². The van der Waals surface area contributed by atoms with Crippen molar-refractivity contribution in [3.8, 4) is 0 Å². The summed E-state index contributed by atoms with van der Waals surface area (Å²) >= 11 is 0. The fraction of sp³-hybridized carbons (Fsp3) is 1.00. The molecule has 2 rings (SSSR count). The molecule has 0 unspecified atom stereocenters. The van der Waals surface area contributed by atoms with Crippen LogP contribution in [0.15, 0.2) is 0 Å². The van der Waals surface area contributed by atoms with E-state index in [1.807, 2.05) is 7.11 Å². The topological polar surface area (TPSA) is 21.3 Å². The van der Waals surface area contributed by atoms with Crippen molar-refractivity contribution < 1.29 is 4.74 Å². The first-order chi connectivity index (χ1) is 6.85. The van der Waals surface area contributed by atoms with Gasteiger partial charge in [0.25, 0.3) is 0 Å². The number of hydrogen-bond acceptors (Lipinski definition) is 2. The molecule has 0 amide bonds. The molecule has 14 heavy (non-hydrogen) atoms. The summed E-state index contributed by atoms with van der Waals surface area (Å²) < 4.78 is 5.22. The maximum Gasteiger partial charge on any atom is 0.0468 e. The first kappa shape index (κ1) is 10.4. The maximum absolute atomic E-state index is 5.22. The number of methoxy groups -OCH3 is 1. The molecule has 0 radical (unpaired) electrons. The fourth-order valence-corrected chi connectivity index (χ4v) is 2.61. The summed E-state index contributed by atoms with van der Waals surface area (Å²) in [6.07, 6.45) is 9.74. The quantitative estimate of drug-likeness (QED) is 0.705. The standard InChI is InChI=1S/C12H23NO/c1-14-9-8-12(6-2-3-7-12)10-13-11-4-5-11/h11,13H,2-10H2,1H3. The molecule has 2 fully saturated rings. The van der Waals surface area contributed by atoms with E-state index in [1.54, 1.807) is 0 Å². The largest absolute Gasteiger partial charge is 0.385 e. The Kier molecular flexibility index (Phi) is 3.45. The molecule has 2 nitrogen and oxygen atoms in total. The molecule has 0 aliphatic heterocycles. The van der Waals surface area contributed by atoms with E-state index in [2.05, 4.69) is 5.32 Å². The van der Waals surface area contributed by atoms with Gasteiger partial charge in [0.05, 0.1) is 0 Å². The minimum atomic E-state index is 0.582. The van der Waals surface area contributed by atoms with Crippen molar-refractivity contribution in [2.24, 2.45) is 5.41 Å². The average Bonchev–Trinajstić information content (AvgIpc) is 2.93. The fourth-order valence-electron chi connectivity index (χ4n) is 2.61. The molecule has 2 heteroatoms. The highest BCUT2D eigenvalue weighted by molar-refractivity contribution is 4.90. The second-order valence-electron chi connectivity index (χ2n) is 5.11. The summed E-state index contributed by atoms with van der Waals surface area (Å²) in [5, 5.41) is 3.69. The third-order valence-electron chi connectivity index (χ3n) is 3.84. The SMILES string of the molecule is COCCC1(CNC2CC2)CCCC1. The van der Waals surface area contributed by atoms with Gasteiger partial charge in [-0.3, -0.25) is 0 Å². The Morgan fingerprint density at radius 3 is 2.57 bits per heavy atom. The molecule has 0 spiro atoms. The lowest BCUT2D eigenvalue weighted by Gasteiger charge is -2.29. The van der Waals surface area contributed by atoms with Crippen LogP contribution < -0.4 is 5.32 Å². The maximum atomic E-state index is 5.22. The van der Waals surface area contributed by atoms with E-state index in [0.717, 1.165) is 12.6 Å². The van der Waals surface area contributed by atoms with E-state index >= 15 is 0 Å². The predicted octanol–water partition coefficient (Wildman–Crippen LogP) is 2.34. The van der Waals surface area contributed by atoms with Crippen LogP contribution in [0.25, 0.3) is 0 Å². The zero-order valence-corrected chi connectivity index (χ0v) is 9.35. The van der Waals surface area contributed by atoms with Crippen LogP contribution in [0.4, 0.5) is 0 Å². The molecule has 2 aliphatic carbocycles. The van der Waals surface area contributed by atoms with Crippen LogP contribution >= 0.6 is 0 Å². The second-order valence-corrected chi connectivity index (χ2v) is 5.11. The molecule has 0 aromatic carbocycles. The van der Waals surface area contributed by atoms with E-state index in [1.165, 1.54) is 51.5 Å². The smallest absolute Gasteiger partial charge is 0.0468 e. The lowest BCUT2D eigenvalue weighted by molar-refractivity contribution is 0.135. The third-order valence-corrected chi connectivity index (χ3v) is 3.84. The Morgan fingerprint density at radius 1 is 1.29 bits per heavy atom. The first-order valence-corrected chi connectivity index (χ1v) is 6.07. The summed E-state index contributed by atoms with van der Waals surface area (Å²) in [6.45, 7) is 2.17. The van der Waals surface area contributed by atoms with Crippen molar-refractivity contribution >= 4 is 0 Å². The predicted molar refractivity (Wildman–Crippen MR) is 58.4 cm³/mol. The molecule has 0 aromatic heterocycles. The van der Waals surface area contributed by atoms with Gasteiger partial charge >= 0.3 is 0 Å². The molecule has 2 aliphatic rings. The molecular formula is C12H23NO. The molecule has 0 aromatic rings. The van der Waals surface area contributed by atoms with Crippen LogP contribution in [0.5, 0.6) is 0 Å². The van der Waals surface area contributed by atoms with Crippen molar-refractivity contribution in [2.45, 2.75) is 51.0 Å². The van der Waals surface area contributed by atoms with Gasteiger partial charge in [0.15, 0.2) is 0 Å². The summed E-state index contributed by atoms with van der Waals surface area (Å²) in [6, 6.07) is 0.856. The molecule has 0 heterocycles. The van der Waals surface area contributed by atoms with Crippen molar-refractivity contribution in [1.82, 2.24) is 5.32 Å². The monoisotopic (exact) mass is 197 g/mol. The molecular weight excluding hydrogens is 174 g/mol. The van der Waals surface area contributed by atoms with E-state index in [0.29, 0.717) is 5.41 Å². The highest BCUT2D eigenvalue weighted by Crippen LogP contribution is 2.41. The molecule has 1 N–H and O–H groups in total. The van der Waals surface area contributed by atoms with Crippen molar-refractivity contribution in [3.63, 3.8) is 0 Å². The number of ether oxygens (including phenoxy) is 1. The van der Waals surface area contributed by atoms with Crippen LogP contribution in [0, 0.1) is 5.41 Å². The highest BCUT2D eigenvalue weighted by atomic mass is 16.5. The average molecular weight is 197 g/mol. The third kappa shape index (κ3) is 2.71. The van der Waals surface area contributed by atoms with Crippen LogP contribution in [-0.2, 0) is 4.74 Å². The lowest BCUT2D eigenvalue weighted by atomic mass is 9.83. The van der Waals surface area contributed by atoms with Gasteiger partial charge in [0, 0.05) is 26.3 Å². The Bertz CT molecular complexity index is 171. The van der Waals surface area contributed by atoms with Gasteiger partial charge in [-0.05, 0) is 37.5 Å². The van der Waals surface area contributed by atoms with Gasteiger partial charge in [0.2, 0.25) is 0 Å². The zero-order chi connectivity index (χ0) is 9.86. The van der Waals surface area contributed by atoms with Crippen LogP contribution in [0.1, 0.15) is 44.9 Å². The first-order valence-electron chi connectivity index (χ1n) is 6.07. The summed E-state index contributed by atoms with van der Waals surface area (Å²) in [5.74, 6) is 0. The molecule has 0 bridgehead atoms. The normalized spacial score (nSPS) is 25.5. The number of rotatable bonds is 6. The Balaban J connectivity index is 1.77. The molecule has 0 saturated heterocycles. The minimum Gasteiger partial charge on any atom is -0.385 e. The second kappa shape index (κ2) is 4.63. The highest BCUT2D eigenvalue weighted by Gasteiger charge is 2.34. The molecule has 0 atom stereocenters. The van der Waals surface area contributed by atoms with Gasteiger partial charge in [-0.25, -0.2) is 0 Å². The Hall–Kier alpha value is -0.0800. The Morgan fingerprint density at radius 2 is 2.00 bits per heavy atom. The Labute approximate surface area is 87.4 Å². The van der Waals surface area contributed by atoms with Gasteiger partial charge in [-0.1, -0.05) is 12.8 Å². The van der Waals surface area contributed by atoms with Gasteiger partial charge < -0.3 is 10.1 Å². The van der Waals surface area contributed by atoms with Crippen LogP contribution in [-0.4, -0.2) is 26.3 Å². The van der Waals surface area contributed by atoms with E-state index < -0.39 is 0 Å². The molecule has 2 saturated carbocycles. The van der Waals surface area contributed by atoms with Gasteiger partial charge in [-0.2, -0.15) is 0 Å². The van der Waals surface area contributed by atoms with Crippen molar-refractivity contribution in [2.75, 3.05) is 20.3 Å². The number of nitrogens with one attached hydrogen (secondary N) is 1. The van der Waals surface area contributed by atoms with Crippen molar-refractivity contribution in [1.29, 1.82) is 0 Å². The summed E-state index contributed by atoms with van der Waals surface area (Å²) in [4.78, 5) is 0. The summed E-state index contributed by atoms with van der Waals surface area (Å²) in [5.41, 5.74) is 0.582. The van der Waals surface area contributed by atoms with Gasteiger partial charge in [0.1, 0.15) is 0 Å². The van der Waals surface area contributed by atoms with Crippen LogP contribution in [0.3, 0.4) is 0 Å². The summed E-state index contributed by atoms with van der Waals surface area (Å²) in [7, 11) is 1.82. The molecule has 82 valence electrons. The van der Waals surface area contributed by atoms with E-state index in [4.69, 9.17) is 4.74 Å². The minimum absolute atomic E-state index is 0.582. The van der Waals surface area contributed by atoms with E-state index in [-0.39, 0.29) is 0 Å². The van der Waals surface area contributed by atoms with Crippen LogP contribution in [0.2, 0.25) is 0 Å².